The minimum Gasteiger partial charge on any atom is -0.389 e. The molecule has 21 heavy (non-hydrogen) atoms. The van der Waals surface area contributed by atoms with Crippen LogP contribution in [0, 0.1) is 0 Å². The molecule has 0 spiro atoms. The SMILES string of the molecule is CC(C)NC(=O)CNS(=O)(=O)c1ccc(C(N)=S)c(Cl)c1. The Hall–Kier alpha value is -1.22. The largest absolute Gasteiger partial charge is 0.389 e. The Balaban J connectivity index is 2.86. The summed E-state index contributed by atoms with van der Waals surface area (Å²) in [5, 5.41) is 2.71. The van der Waals surface area contributed by atoms with E-state index in [0.717, 1.165) is 0 Å². The number of thiocarbonyl (C=S) groups is 1. The van der Waals surface area contributed by atoms with Crippen molar-refractivity contribution in [3.63, 3.8) is 0 Å². The Bertz CT molecular complexity index is 660. The van der Waals surface area contributed by atoms with Crippen LogP contribution in [0.3, 0.4) is 0 Å². The van der Waals surface area contributed by atoms with Gasteiger partial charge in [-0.15, -0.1) is 0 Å². The number of carbonyl (C=O) groups is 1. The smallest absolute Gasteiger partial charge is 0.241 e. The molecule has 4 N–H and O–H groups in total. The van der Waals surface area contributed by atoms with Crippen molar-refractivity contribution in [1.82, 2.24) is 10.0 Å². The number of halogens is 1. The fraction of sp³-hybridized carbons (Fsp3) is 0.333. The lowest BCUT2D eigenvalue weighted by molar-refractivity contribution is -0.120. The van der Waals surface area contributed by atoms with Crippen molar-refractivity contribution in [3.05, 3.63) is 28.8 Å². The average Bonchev–Trinajstić information content (AvgIpc) is 2.35. The molecule has 1 aromatic carbocycles. The fourth-order valence-corrected chi connectivity index (χ4v) is 3.07. The van der Waals surface area contributed by atoms with Gasteiger partial charge in [0.25, 0.3) is 0 Å². The number of amides is 1. The topological polar surface area (TPSA) is 101 Å². The molecule has 0 saturated carbocycles. The molecule has 1 rings (SSSR count). The number of hydrogen-bond donors (Lipinski definition) is 3. The highest BCUT2D eigenvalue weighted by Crippen LogP contribution is 2.20. The molecule has 0 unspecified atom stereocenters. The van der Waals surface area contributed by atoms with Gasteiger partial charge in [0.15, 0.2) is 0 Å². The standard InChI is InChI=1S/C12H16ClN3O3S2/c1-7(2)16-11(17)6-15-21(18,19)8-3-4-9(12(14)20)10(13)5-8/h3-5,7,15H,6H2,1-2H3,(H2,14,20)(H,16,17). The van der Waals surface area contributed by atoms with Crippen LogP contribution in [0.1, 0.15) is 19.4 Å². The molecule has 0 aliphatic rings. The summed E-state index contributed by atoms with van der Waals surface area (Å²) in [6, 6.07) is 3.91. The number of nitrogens with one attached hydrogen (secondary N) is 2. The Kier molecular flexibility index (Phi) is 6.09. The molecule has 0 heterocycles. The maximum atomic E-state index is 12.0. The number of carbonyl (C=O) groups excluding carboxylic acids is 1. The Labute approximate surface area is 134 Å². The Morgan fingerprint density at radius 2 is 2.05 bits per heavy atom. The molecular formula is C12H16ClN3O3S2. The van der Waals surface area contributed by atoms with E-state index in [1.165, 1.54) is 18.2 Å². The first-order valence-corrected chi connectivity index (χ1v) is 8.29. The second-order valence-corrected chi connectivity index (χ2v) is 7.17. The summed E-state index contributed by atoms with van der Waals surface area (Å²) in [6.45, 7) is 3.20. The van der Waals surface area contributed by atoms with E-state index in [2.05, 4.69) is 10.0 Å². The van der Waals surface area contributed by atoms with Gasteiger partial charge in [-0.3, -0.25) is 4.79 Å². The molecule has 116 valence electrons. The summed E-state index contributed by atoms with van der Waals surface area (Å²) in [4.78, 5) is 11.5. The predicted molar refractivity (Wildman–Crippen MR) is 85.8 cm³/mol. The number of benzene rings is 1. The summed E-state index contributed by atoms with van der Waals surface area (Å²) in [5.74, 6) is -0.417. The van der Waals surface area contributed by atoms with Crippen molar-refractivity contribution in [2.24, 2.45) is 5.73 Å². The zero-order valence-corrected chi connectivity index (χ0v) is 13.9. The van der Waals surface area contributed by atoms with Gasteiger partial charge in [0.1, 0.15) is 4.99 Å². The normalized spacial score (nSPS) is 11.4. The van der Waals surface area contributed by atoms with Gasteiger partial charge in [-0.2, -0.15) is 0 Å². The van der Waals surface area contributed by atoms with Crippen molar-refractivity contribution < 1.29 is 13.2 Å². The minimum atomic E-state index is -3.84. The molecule has 0 aliphatic carbocycles. The van der Waals surface area contributed by atoms with Crippen molar-refractivity contribution in [1.29, 1.82) is 0 Å². The maximum absolute atomic E-state index is 12.0. The molecule has 9 heteroatoms. The Morgan fingerprint density at radius 3 is 2.52 bits per heavy atom. The minimum absolute atomic E-state index is 0.0650. The fourth-order valence-electron chi connectivity index (χ4n) is 1.48. The third-order valence-electron chi connectivity index (χ3n) is 2.39. The van der Waals surface area contributed by atoms with Gasteiger partial charge in [-0.1, -0.05) is 23.8 Å². The molecule has 0 fully saturated rings. The summed E-state index contributed by atoms with van der Waals surface area (Å²) in [5.41, 5.74) is 5.84. The predicted octanol–water partition coefficient (Wildman–Crippen LogP) is 0.777. The van der Waals surface area contributed by atoms with Crippen LogP contribution < -0.4 is 15.8 Å². The van der Waals surface area contributed by atoms with Crippen LogP contribution in [-0.4, -0.2) is 31.9 Å². The third kappa shape index (κ3) is 5.24. The number of nitrogens with two attached hydrogens (primary N) is 1. The van der Waals surface area contributed by atoms with Gasteiger partial charge in [-0.25, -0.2) is 13.1 Å². The van der Waals surface area contributed by atoms with E-state index in [1.54, 1.807) is 13.8 Å². The van der Waals surface area contributed by atoms with Crippen molar-refractivity contribution in [2.45, 2.75) is 24.8 Å². The molecule has 1 amide bonds. The van der Waals surface area contributed by atoms with Crippen LogP contribution >= 0.6 is 23.8 Å². The van der Waals surface area contributed by atoms with Crippen LogP contribution in [0.5, 0.6) is 0 Å². The molecule has 6 nitrogen and oxygen atoms in total. The van der Waals surface area contributed by atoms with Gasteiger partial charge in [0, 0.05) is 11.6 Å². The van der Waals surface area contributed by atoms with Crippen LogP contribution in [0.25, 0.3) is 0 Å². The zero-order chi connectivity index (χ0) is 16.2. The van der Waals surface area contributed by atoms with Crippen LogP contribution in [-0.2, 0) is 14.8 Å². The molecule has 0 bridgehead atoms. The van der Waals surface area contributed by atoms with Crippen LogP contribution in [0.2, 0.25) is 5.02 Å². The monoisotopic (exact) mass is 349 g/mol. The average molecular weight is 350 g/mol. The van der Waals surface area contributed by atoms with Crippen LogP contribution in [0.15, 0.2) is 23.1 Å². The molecule has 0 atom stereocenters. The van der Waals surface area contributed by atoms with Crippen molar-refractivity contribution in [3.8, 4) is 0 Å². The number of sulfonamides is 1. The van der Waals surface area contributed by atoms with Crippen molar-refractivity contribution in [2.75, 3.05) is 6.54 Å². The van der Waals surface area contributed by atoms with Crippen molar-refractivity contribution >= 4 is 44.7 Å². The first-order chi connectivity index (χ1) is 9.63. The van der Waals surface area contributed by atoms with E-state index >= 15 is 0 Å². The number of hydrogen-bond acceptors (Lipinski definition) is 4. The van der Waals surface area contributed by atoms with Gasteiger partial charge in [-0.05, 0) is 32.0 Å². The molecule has 0 saturated heterocycles. The highest BCUT2D eigenvalue weighted by molar-refractivity contribution is 7.89. The lowest BCUT2D eigenvalue weighted by Gasteiger charge is -2.10. The van der Waals surface area contributed by atoms with E-state index in [-0.39, 0.29) is 27.5 Å². The highest BCUT2D eigenvalue weighted by atomic mass is 35.5. The second-order valence-electron chi connectivity index (χ2n) is 4.55. The second kappa shape index (κ2) is 7.17. The van der Waals surface area contributed by atoms with Gasteiger partial charge in [0.05, 0.1) is 16.5 Å². The van der Waals surface area contributed by atoms with E-state index in [0.29, 0.717) is 5.56 Å². The Morgan fingerprint density at radius 1 is 1.43 bits per heavy atom. The van der Waals surface area contributed by atoms with Gasteiger partial charge in [0.2, 0.25) is 15.9 Å². The van der Waals surface area contributed by atoms with Gasteiger partial charge >= 0.3 is 0 Å². The molecular weight excluding hydrogens is 334 g/mol. The molecule has 0 radical (unpaired) electrons. The lowest BCUT2D eigenvalue weighted by atomic mass is 10.2. The quantitative estimate of drug-likeness (QED) is 0.659. The zero-order valence-electron chi connectivity index (χ0n) is 11.5. The van der Waals surface area contributed by atoms with Crippen LogP contribution in [0.4, 0.5) is 0 Å². The summed E-state index contributed by atoms with van der Waals surface area (Å²) >= 11 is 10.7. The summed E-state index contributed by atoms with van der Waals surface area (Å²) in [7, 11) is -3.84. The van der Waals surface area contributed by atoms with Gasteiger partial charge < -0.3 is 11.1 Å². The third-order valence-corrected chi connectivity index (χ3v) is 4.32. The number of rotatable bonds is 6. The molecule has 0 aliphatic heterocycles. The maximum Gasteiger partial charge on any atom is 0.241 e. The lowest BCUT2D eigenvalue weighted by Crippen LogP contribution is -2.39. The first kappa shape index (κ1) is 17.8. The molecule has 1 aromatic rings. The summed E-state index contributed by atoms with van der Waals surface area (Å²) in [6.07, 6.45) is 0. The van der Waals surface area contributed by atoms with E-state index in [1.807, 2.05) is 0 Å². The molecule has 0 aromatic heterocycles. The van der Waals surface area contributed by atoms with E-state index in [9.17, 15) is 13.2 Å². The van der Waals surface area contributed by atoms with E-state index in [4.69, 9.17) is 29.6 Å². The summed E-state index contributed by atoms with van der Waals surface area (Å²) < 4.78 is 26.3. The highest BCUT2D eigenvalue weighted by Gasteiger charge is 2.17. The first-order valence-electron chi connectivity index (χ1n) is 6.02. The van der Waals surface area contributed by atoms with E-state index < -0.39 is 15.9 Å².